The van der Waals surface area contributed by atoms with Gasteiger partial charge in [-0.2, -0.15) is 4.99 Å². The van der Waals surface area contributed by atoms with Crippen molar-refractivity contribution in [3.63, 3.8) is 0 Å². The zero-order valence-electron chi connectivity index (χ0n) is 30.5. The first-order valence-electron chi connectivity index (χ1n) is 19.3. The highest BCUT2D eigenvalue weighted by Gasteiger charge is 2.43. The quantitative estimate of drug-likeness (QED) is 0.184. The number of rotatable bonds is 5. The van der Waals surface area contributed by atoms with Crippen molar-refractivity contribution in [2.75, 3.05) is 0 Å². The molecule has 0 spiro atoms. The fraction of sp³-hybridized carbons (Fsp3) is 0.0192. The van der Waals surface area contributed by atoms with Gasteiger partial charge in [-0.1, -0.05) is 133 Å². The van der Waals surface area contributed by atoms with Gasteiger partial charge in [-0.15, -0.1) is 0 Å². The van der Waals surface area contributed by atoms with E-state index in [-0.39, 0.29) is 6.29 Å². The van der Waals surface area contributed by atoms with Crippen LogP contribution in [0.15, 0.2) is 205 Å². The largest absolute Gasteiger partial charge is 0.309 e. The van der Waals surface area contributed by atoms with E-state index in [2.05, 4.69) is 209 Å². The SMILES string of the molecule is c1ccc(-c2cccc(C3=NC(n4c5cc6ccccc6cc5c5c(-n6c7ccccc7c7ccccc76)cccc54)[NH+]3c3ccc4ccccc4c3)c2)cc1. The Labute approximate surface area is 323 Å². The van der Waals surface area contributed by atoms with E-state index in [1.807, 2.05) is 0 Å². The fourth-order valence-corrected chi connectivity index (χ4v) is 9.24. The van der Waals surface area contributed by atoms with Gasteiger partial charge < -0.3 is 4.57 Å². The standard InChI is InChI=1S/C52H34N4/c1-2-14-34(15-3-1)36-20-12-21-40(30-36)51-53-52(54(51)41-29-28-35-16-4-5-17-37(35)31-41)56-48-27-13-26-47(50(48)44-32-38-18-6-7-19-39(38)33-49(44)56)55-45-24-10-8-22-42(45)43-23-9-11-25-46(43)55/h1-33,52H/p+1. The first-order valence-corrected chi connectivity index (χ1v) is 19.3. The first kappa shape index (κ1) is 31.1. The molecule has 0 radical (unpaired) electrons. The predicted octanol–water partition coefficient (Wildman–Crippen LogP) is 12.0. The molecule has 11 aromatic rings. The van der Waals surface area contributed by atoms with Gasteiger partial charge in [-0.25, -0.2) is 4.90 Å². The van der Waals surface area contributed by atoms with Crippen LogP contribution in [0.1, 0.15) is 11.9 Å². The number of para-hydroxylation sites is 2. The van der Waals surface area contributed by atoms with Gasteiger partial charge >= 0.3 is 0 Å². The number of fused-ring (bicyclic) bond motifs is 8. The number of nitrogens with zero attached hydrogens (tertiary/aromatic N) is 3. The lowest BCUT2D eigenvalue weighted by atomic mass is 10.0. The van der Waals surface area contributed by atoms with Crippen LogP contribution < -0.4 is 4.90 Å². The molecule has 0 fully saturated rings. The number of hydrogen-bond acceptors (Lipinski definition) is 1. The molecule has 2 unspecified atom stereocenters. The molecular formula is C52H35N4+. The average molecular weight is 716 g/mol. The van der Waals surface area contributed by atoms with Crippen LogP contribution in [-0.2, 0) is 0 Å². The third kappa shape index (κ3) is 4.60. The molecule has 0 bridgehead atoms. The Hall–Kier alpha value is -7.27. The zero-order chi connectivity index (χ0) is 36.7. The molecule has 0 saturated heterocycles. The minimum Gasteiger partial charge on any atom is -0.309 e. The Morgan fingerprint density at radius 2 is 0.982 bits per heavy atom. The Balaban J connectivity index is 1.15. The van der Waals surface area contributed by atoms with Crippen molar-refractivity contribution in [2.45, 2.75) is 6.29 Å². The summed E-state index contributed by atoms with van der Waals surface area (Å²) in [5.74, 6) is 1.04. The normalized spacial score (nSPS) is 15.6. The van der Waals surface area contributed by atoms with E-state index in [0.717, 1.165) is 11.4 Å². The summed E-state index contributed by atoms with van der Waals surface area (Å²) in [7, 11) is 0. The van der Waals surface area contributed by atoms with Crippen LogP contribution in [0.5, 0.6) is 0 Å². The molecule has 4 heteroatoms. The summed E-state index contributed by atoms with van der Waals surface area (Å²) in [5.41, 5.74) is 10.6. The van der Waals surface area contributed by atoms with Crippen LogP contribution in [0.25, 0.3) is 82.0 Å². The highest BCUT2D eigenvalue weighted by molar-refractivity contribution is 6.18. The van der Waals surface area contributed by atoms with Crippen molar-refractivity contribution in [3.8, 4) is 16.8 Å². The summed E-state index contributed by atoms with van der Waals surface area (Å²) in [5, 5.41) is 9.87. The molecule has 1 aliphatic heterocycles. The maximum absolute atomic E-state index is 5.62. The summed E-state index contributed by atoms with van der Waals surface area (Å²) >= 11 is 0. The molecule has 56 heavy (non-hydrogen) atoms. The zero-order valence-corrected chi connectivity index (χ0v) is 30.5. The Morgan fingerprint density at radius 1 is 0.393 bits per heavy atom. The lowest BCUT2D eigenvalue weighted by molar-refractivity contribution is -0.805. The van der Waals surface area contributed by atoms with Crippen LogP contribution >= 0.6 is 0 Å². The third-order valence-electron chi connectivity index (χ3n) is 11.8. The number of amidine groups is 1. The van der Waals surface area contributed by atoms with Crippen molar-refractivity contribution in [1.29, 1.82) is 0 Å². The molecule has 4 nitrogen and oxygen atoms in total. The van der Waals surface area contributed by atoms with Gasteiger partial charge in [-0.3, -0.25) is 4.57 Å². The topological polar surface area (TPSA) is 26.7 Å². The second-order valence-electron chi connectivity index (χ2n) is 14.9. The number of hydrogen-bond donors (Lipinski definition) is 1. The number of aromatic nitrogens is 2. The van der Waals surface area contributed by atoms with E-state index in [9.17, 15) is 0 Å². The van der Waals surface area contributed by atoms with E-state index < -0.39 is 0 Å². The van der Waals surface area contributed by atoms with E-state index >= 15 is 0 Å². The molecule has 1 aliphatic rings. The van der Waals surface area contributed by atoms with Crippen molar-refractivity contribution < 1.29 is 4.90 Å². The van der Waals surface area contributed by atoms with Crippen molar-refractivity contribution in [2.24, 2.45) is 4.99 Å². The number of benzene rings is 9. The second kappa shape index (κ2) is 12.1. The number of aliphatic imine (C=N–C) groups is 1. The highest BCUT2D eigenvalue weighted by Crippen LogP contribution is 2.41. The third-order valence-corrected chi connectivity index (χ3v) is 11.8. The molecule has 262 valence electrons. The van der Waals surface area contributed by atoms with Crippen molar-refractivity contribution >= 4 is 76.7 Å². The van der Waals surface area contributed by atoms with E-state index in [0.29, 0.717) is 0 Å². The van der Waals surface area contributed by atoms with Gasteiger partial charge in [0.05, 0.1) is 33.3 Å². The molecule has 3 heterocycles. The van der Waals surface area contributed by atoms with Crippen LogP contribution in [0.4, 0.5) is 5.69 Å². The average Bonchev–Trinajstić information content (AvgIpc) is 3.75. The molecular weight excluding hydrogens is 681 g/mol. The summed E-state index contributed by atoms with van der Waals surface area (Å²) < 4.78 is 4.97. The van der Waals surface area contributed by atoms with Crippen LogP contribution in [0, 0.1) is 0 Å². The number of quaternary nitrogens is 1. The van der Waals surface area contributed by atoms with Gasteiger partial charge in [0.15, 0.2) is 0 Å². The fourth-order valence-electron chi connectivity index (χ4n) is 9.24. The smallest absolute Gasteiger partial charge is 0.282 e. The van der Waals surface area contributed by atoms with E-state index in [4.69, 9.17) is 4.99 Å². The maximum atomic E-state index is 5.62. The van der Waals surface area contributed by atoms with Crippen LogP contribution in [0.2, 0.25) is 0 Å². The van der Waals surface area contributed by atoms with Crippen LogP contribution in [-0.4, -0.2) is 15.0 Å². The summed E-state index contributed by atoms with van der Waals surface area (Å²) in [6.07, 6.45) is -0.235. The molecule has 0 amide bonds. The molecule has 2 atom stereocenters. The van der Waals surface area contributed by atoms with E-state index in [1.54, 1.807) is 0 Å². The van der Waals surface area contributed by atoms with Gasteiger partial charge in [-0.05, 0) is 87.3 Å². The summed E-state index contributed by atoms with van der Waals surface area (Å²) in [6.45, 7) is 0. The lowest BCUT2D eigenvalue weighted by Crippen LogP contribution is -3.15. The first-order chi connectivity index (χ1) is 27.8. The maximum Gasteiger partial charge on any atom is 0.282 e. The van der Waals surface area contributed by atoms with Crippen LogP contribution in [0.3, 0.4) is 0 Å². The van der Waals surface area contributed by atoms with Crippen molar-refractivity contribution in [3.05, 3.63) is 206 Å². The lowest BCUT2D eigenvalue weighted by Gasteiger charge is -2.35. The Morgan fingerprint density at radius 3 is 1.75 bits per heavy atom. The van der Waals surface area contributed by atoms with Gasteiger partial charge in [0.25, 0.3) is 6.29 Å². The molecule has 9 aromatic carbocycles. The molecule has 0 saturated carbocycles. The highest BCUT2D eigenvalue weighted by atomic mass is 15.5. The summed E-state index contributed by atoms with van der Waals surface area (Å²) in [6, 6.07) is 72.9. The molecule has 1 N–H and O–H groups in total. The monoisotopic (exact) mass is 715 g/mol. The minimum atomic E-state index is -0.235. The van der Waals surface area contributed by atoms with Gasteiger partial charge in [0.2, 0.25) is 5.84 Å². The Bertz CT molecular complexity index is 3330. The van der Waals surface area contributed by atoms with Gasteiger partial charge in [0.1, 0.15) is 5.69 Å². The van der Waals surface area contributed by atoms with E-state index in [1.165, 1.54) is 92.6 Å². The Kier molecular flexibility index (Phi) is 6.74. The second-order valence-corrected chi connectivity index (χ2v) is 14.9. The molecule has 0 aliphatic carbocycles. The van der Waals surface area contributed by atoms with Crippen molar-refractivity contribution in [1.82, 2.24) is 9.13 Å². The summed E-state index contributed by atoms with van der Waals surface area (Å²) in [4.78, 5) is 6.85. The predicted molar refractivity (Wildman–Crippen MR) is 233 cm³/mol. The molecule has 12 rings (SSSR count). The minimum absolute atomic E-state index is 0.235. The van der Waals surface area contributed by atoms with Gasteiger partial charge in [0, 0.05) is 33.7 Å². The molecule has 2 aromatic heterocycles. The number of nitrogens with one attached hydrogen (secondary N) is 1.